The van der Waals surface area contributed by atoms with Crippen LogP contribution in [-0.2, 0) is 11.2 Å². The summed E-state index contributed by atoms with van der Waals surface area (Å²) in [5, 5.41) is 2.81. The first-order valence-corrected chi connectivity index (χ1v) is 6.94. The number of carbonyl (C=O) groups is 1. The zero-order chi connectivity index (χ0) is 15.1. The van der Waals surface area contributed by atoms with E-state index >= 15 is 0 Å². The van der Waals surface area contributed by atoms with Crippen molar-refractivity contribution in [2.45, 2.75) is 18.9 Å². The average Bonchev–Trinajstić information content (AvgIpc) is 2.54. The minimum Gasteiger partial charge on any atom is -0.495 e. The highest BCUT2D eigenvalue weighted by Gasteiger charge is 2.15. The molecule has 110 valence electrons. The van der Waals surface area contributed by atoms with E-state index in [1.54, 1.807) is 19.2 Å². The molecule has 4 heteroatoms. The van der Waals surface area contributed by atoms with Crippen LogP contribution < -0.4 is 15.8 Å². The van der Waals surface area contributed by atoms with Crippen LogP contribution >= 0.6 is 0 Å². The molecule has 2 aromatic carbocycles. The maximum Gasteiger partial charge on any atom is 0.241 e. The number of methoxy groups -OCH3 is 1. The van der Waals surface area contributed by atoms with Crippen molar-refractivity contribution < 1.29 is 9.53 Å². The molecule has 0 aliphatic carbocycles. The molecule has 1 unspecified atom stereocenters. The van der Waals surface area contributed by atoms with Gasteiger partial charge in [0.25, 0.3) is 0 Å². The van der Waals surface area contributed by atoms with Crippen molar-refractivity contribution in [3.8, 4) is 5.75 Å². The van der Waals surface area contributed by atoms with E-state index in [-0.39, 0.29) is 5.91 Å². The summed E-state index contributed by atoms with van der Waals surface area (Å²) in [6.07, 6.45) is 1.38. The Hall–Kier alpha value is -2.33. The predicted octanol–water partition coefficient (Wildman–Crippen LogP) is 2.59. The molecule has 2 aromatic rings. The number of rotatable bonds is 6. The van der Waals surface area contributed by atoms with Gasteiger partial charge in [0, 0.05) is 0 Å². The third-order valence-corrected chi connectivity index (χ3v) is 3.29. The summed E-state index contributed by atoms with van der Waals surface area (Å²) in [5.74, 6) is 0.427. The second-order valence-corrected chi connectivity index (χ2v) is 4.82. The van der Waals surface area contributed by atoms with Gasteiger partial charge in [-0.05, 0) is 30.5 Å². The van der Waals surface area contributed by atoms with Crippen LogP contribution in [0.3, 0.4) is 0 Å². The molecular formula is C17H20N2O2. The molecule has 0 saturated heterocycles. The number of hydrogen-bond acceptors (Lipinski definition) is 3. The van der Waals surface area contributed by atoms with Gasteiger partial charge in [-0.25, -0.2) is 0 Å². The second kappa shape index (κ2) is 7.45. The van der Waals surface area contributed by atoms with Crippen molar-refractivity contribution in [3.05, 3.63) is 60.2 Å². The van der Waals surface area contributed by atoms with Gasteiger partial charge < -0.3 is 15.8 Å². The van der Waals surface area contributed by atoms with Crippen molar-refractivity contribution >= 4 is 11.6 Å². The molecule has 2 rings (SSSR count). The minimum atomic E-state index is -0.546. The molecule has 0 aliphatic heterocycles. The van der Waals surface area contributed by atoms with Gasteiger partial charge in [-0.3, -0.25) is 4.79 Å². The number of amides is 1. The van der Waals surface area contributed by atoms with E-state index in [1.807, 2.05) is 42.5 Å². The highest BCUT2D eigenvalue weighted by Crippen LogP contribution is 2.23. The van der Waals surface area contributed by atoms with Crippen LogP contribution in [0.25, 0.3) is 0 Å². The first-order chi connectivity index (χ1) is 10.2. The Kier molecular flexibility index (Phi) is 5.35. The zero-order valence-electron chi connectivity index (χ0n) is 12.1. The molecule has 0 aliphatic rings. The van der Waals surface area contributed by atoms with Gasteiger partial charge in [-0.1, -0.05) is 42.5 Å². The van der Waals surface area contributed by atoms with Crippen molar-refractivity contribution in [3.63, 3.8) is 0 Å². The van der Waals surface area contributed by atoms with E-state index in [2.05, 4.69) is 5.32 Å². The van der Waals surface area contributed by atoms with Crippen LogP contribution in [0.2, 0.25) is 0 Å². The zero-order valence-corrected chi connectivity index (χ0v) is 12.1. The van der Waals surface area contributed by atoms with Crippen LogP contribution in [-0.4, -0.2) is 19.1 Å². The van der Waals surface area contributed by atoms with Crippen LogP contribution in [0.4, 0.5) is 5.69 Å². The summed E-state index contributed by atoms with van der Waals surface area (Å²) in [4.78, 5) is 12.1. The van der Waals surface area contributed by atoms with E-state index in [1.165, 1.54) is 5.56 Å². The lowest BCUT2D eigenvalue weighted by Crippen LogP contribution is -2.36. The van der Waals surface area contributed by atoms with Gasteiger partial charge in [-0.2, -0.15) is 0 Å². The summed E-state index contributed by atoms with van der Waals surface area (Å²) in [6, 6.07) is 16.7. The Morgan fingerprint density at radius 3 is 2.52 bits per heavy atom. The third-order valence-electron chi connectivity index (χ3n) is 3.29. The number of nitrogens with two attached hydrogens (primary N) is 1. The lowest BCUT2D eigenvalue weighted by atomic mass is 10.1. The number of anilines is 1. The van der Waals surface area contributed by atoms with Crippen LogP contribution in [0.15, 0.2) is 54.6 Å². The highest BCUT2D eigenvalue weighted by molar-refractivity contribution is 5.95. The summed E-state index contributed by atoms with van der Waals surface area (Å²) >= 11 is 0. The van der Waals surface area contributed by atoms with E-state index in [9.17, 15) is 4.79 Å². The molecule has 1 atom stereocenters. The summed E-state index contributed by atoms with van der Waals surface area (Å²) < 4.78 is 5.20. The fourth-order valence-electron chi connectivity index (χ4n) is 2.07. The maximum atomic E-state index is 12.1. The smallest absolute Gasteiger partial charge is 0.241 e. The molecule has 21 heavy (non-hydrogen) atoms. The molecule has 0 heterocycles. The Bertz CT molecular complexity index is 584. The number of ether oxygens (including phenoxy) is 1. The molecule has 4 nitrogen and oxygen atoms in total. The number of para-hydroxylation sites is 2. The van der Waals surface area contributed by atoms with Gasteiger partial charge in [0.1, 0.15) is 5.75 Å². The van der Waals surface area contributed by atoms with Crippen molar-refractivity contribution in [2.75, 3.05) is 12.4 Å². The molecule has 0 aromatic heterocycles. The summed E-state index contributed by atoms with van der Waals surface area (Å²) in [5.41, 5.74) is 7.77. The molecule has 0 saturated carbocycles. The maximum absolute atomic E-state index is 12.1. The van der Waals surface area contributed by atoms with E-state index < -0.39 is 6.04 Å². The number of hydrogen-bond donors (Lipinski definition) is 2. The van der Waals surface area contributed by atoms with Crippen molar-refractivity contribution in [2.24, 2.45) is 5.73 Å². The lowest BCUT2D eigenvalue weighted by Gasteiger charge is -2.14. The van der Waals surface area contributed by atoms with Gasteiger partial charge in [0.15, 0.2) is 0 Å². The fraction of sp³-hybridized carbons (Fsp3) is 0.235. The van der Waals surface area contributed by atoms with Crippen molar-refractivity contribution in [1.82, 2.24) is 0 Å². The van der Waals surface area contributed by atoms with Crippen LogP contribution in [0.1, 0.15) is 12.0 Å². The first kappa shape index (κ1) is 15.1. The van der Waals surface area contributed by atoms with Crippen LogP contribution in [0.5, 0.6) is 5.75 Å². The fourth-order valence-corrected chi connectivity index (χ4v) is 2.07. The van der Waals surface area contributed by atoms with E-state index in [0.29, 0.717) is 17.9 Å². The third kappa shape index (κ3) is 4.33. The molecule has 0 spiro atoms. The average molecular weight is 284 g/mol. The van der Waals surface area contributed by atoms with Gasteiger partial charge in [-0.15, -0.1) is 0 Å². The number of nitrogens with one attached hydrogen (secondary N) is 1. The molecule has 0 radical (unpaired) electrons. The molecule has 0 fully saturated rings. The van der Waals surface area contributed by atoms with Gasteiger partial charge in [0.2, 0.25) is 5.91 Å². The normalized spacial score (nSPS) is 11.7. The Morgan fingerprint density at radius 1 is 1.14 bits per heavy atom. The van der Waals surface area contributed by atoms with E-state index in [0.717, 1.165) is 6.42 Å². The quantitative estimate of drug-likeness (QED) is 0.857. The molecule has 3 N–H and O–H groups in total. The Balaban J connectivity index is 1.90. The number of aryl methyl sites for hydroxylation is 1. The molecule has 0 bridgehead atoms. The Morgan fingerprint density at radius 2 is 1.81 bits per heavy atom. The minimum absolute atomic E-state index is 0.199. The van der Waals surface area contributed by atoms with E-state index in [4.69, 9.17) is 10.5 Å². The monoisotopic (exact) mass is 284 g/mol. The van der Waals surface area contributed by atoms with Gasteiger partial charge in [0.05, 0.1) is 18.8 Å². The number of benzene rings is 2. The Labute approximate surface area is 124 Å². The van der Waals surface area contributed by atoms with Gasteiger partial charge >= 0.3 is 0 Å². The summed E-state index contributed by atoms with van der Waals surface area (Å²) in [7, 11) is 1.57. The van der Waals surface area contributed by atoms with Crippen molar-refractivity contribution in [1.29, 1.82) is 0 Å². The SMILES string of the molecule is COc1ccccc1NC(=O)C(N)CCc1ccccc1. The standard InChI is InChI=1S/C17H20N2O2/c1-21-16-10-6-5-9-15(16)19-17(20)14(18)12-11-13-7-3-2-4-8-13/h2-10,14H,11-12,18H2,1H3,(H,19,20). The number of carbonyl (C=O) groups excluding carboxylic acids is 1. The summed E-state index contributed by atoms with van der Waals surface area (Å²) in [6.45, 7) is 0. The lowest BCUT2D eigenvalue weighted by molar-refractivity contribution is -0.117. The first-order valence-electron chi connectivity index (χ1n) is 6.94. The molecule has 1 amide bonds. The topological polar surface area (TPSA) is 64.3 Å². The van der Waals surface area contributed by atoms with Crippen LogP contribution in [0, 0.1) is 0 Å². The largest absolute Gasteiger partial charge is 0.495 e. The predicted molar refractivity (Wildman–Crippen MR) is 84.4 cm³/mol. The highest BCUT2D eigenvalue weighted by atomic mass is 16.5. The molecular weight excluding hydrogens is 264 g/mol. The second-order valence-electron chi connectivity index (χ2n) is 4.82.